The van der Waals surface area contributed by atoms with Gasteiger partial charge in [0.2, 0.25) is 0 Å². The van der Waals surface area contributed by atoms with Gasteiger partial charge in [-0.25, -0.2) is 0 Å². The van der Waals surface area contributed by atoms with E-state index in [2.05, 4.69) is 15.5 Å². The Kier molecular flexibility index (Phi) is 4.09. The van der Waals surface area contributed by atoms with Crippen LogP contribution in [0.2, 0.25) is 0 Å². The first-order chi connectivity index (χ1) is 9.65. The summed E-state index contributed by atoms with van der Waals surface area (Å²) < 4.78 is 10.3. The Morgan fingerprint density at radius 3 is 2.70 bits per heavy atom. The van der Waals surface area contributed by atoms with Crippen LogP contribution in [0.1, 0.15) is 15.9 Å². The number of nitrogens with one attached hydrogen (secondary N) is 2. The van der Waals surface area contributed by atoms with Gasteiger partial charge in [0, 0.05) is 17.7 Å². The number of hydrogen-bond donors (Lipinski definition) is 3. The normalized spacial score (nSPS) is 10.1. The maximum absolute atomic E-state index is 12.0. The fourth-order valence-electron chi connectivity index (χ4n) is 1.72. The topological polar surface area (TPSA) is 102 Å². The fourth-order valence-corrected chi connectivity index (χ4v) is 1.72. The number of aromatic amines is 1. The maximum atomic E-state index is 12.0. The van der Waals surface area contributed by atoms with E-state index < -0.39 is 0 Å². The van der Waals surface area contributed by atoms with Crippen molar-refractivity contribution in [1.82, 2.24) is 15.5 Å². The molecule has 0 aliphatic heterocycles. The molecule has 4 N–H and O–H groups in total. The maximum Gasteiger partial charge on any atom is 0.251 e. The monoisotopic (exact) mass is 276 g/mol. The molecule has 0 radical (unpaired) electrons. The van der Waals surface area contributed by atoms with Gasteiger partial charge in [-0.2, -0.15) is 5.10 Å². The summed E-state index contributed by atoms with van der Waals surface area (Å²) in [4.78, 5) is 12.0. The lowest BCUT2D eigenvalue weighted by molar-refractivity contribution is 0.0950. The number of nitrogen functional groups attached to an aromatic ring is 1. The Morgan fingerprint density at radius 1 is 1.35 bits per heavy atom. The summed E-state index contributed by atoms with van der Waals surface area (Å²) in [6, 6.07) is 4.96. The number of benzene rings is 1. The van der Waals surface area contributed by atoms with Gasteiger partial charge in [-0.1, -0.05) is 0 Å². The van der Waals surface area contributed by atoms with E-state index in [1.54, 1.807) is 31.5 Å². The van der Waals surface area contributed by atoms with Crippen molar-refractivity contribution in [3.05, 3.63) is 35.5 Å². The summed E-state index contributed by atoms with van der Waals surface area (Å²) in [5, 5.41) is 9.15. The van der Waals surface area contributed by atoms with E-state index in [1.165, 1.54) is 7.11 Å². The molecule has 0 unspecified atom stereocenters. The van der Waals surface area contributed by atoms with Crippen molar-refractivity contribution in [3.8, 4) is 11.5 Å². The Hall–Kier alpha value is -2.70. The predicted octanol–water partition coefficient (Wildman–Crippen LogP) is 0.939. The average molecular weight is 276 g/mol. The number of nitrogens with zero attached hydrogens (tertiary/aromatic N) is 1. The van der Waals surface area contributed by atoms with Crippen LogP contribution in [0, 0.1) is 0 Å². The summed E-state index contributed by atoms with van der Waals surface area (Å²) in [6.45, 7) is 0.301. The number of H-pyrrole nitrogens is 1. The third-order valence-electron chi connectivity index (χ3n) is 2.84. The number of amides is 1. The van der Waals surface area contributed by atoms with Crippen LogP contribution in [0.15, 0.2) is 24.4 Å². The minimum atomic E-state index is -0.230. The Morgan fingerprint density at radius 2 is 2.10 bits per heavy atom. The molecule has 0 saturated carbocycles. The Bertz CT molecular complexity index is 609. The molecule has 0 bridgehead atoms. The lowest BCUT2D eigenvalue weighted by Gasteiger charge is -2.09. The van der Waals surface area contributed by atoms with Crippen LogP contribution >= 0.6 is 0 Å². The lowest BCUT2D eigenvalue weighted by Crippen LogP contribution is -2.23. The minimum Gasteiger partial charge on any atom is -0.493 e. The van der Waals surface area contributed by atoms with Crippen molar-refractivity contribution in [1.29, 1.82) is 0 Å². The third-order valence-corrected chi connectivity index (χ3v) is 2.84. The van der Waals surface area contributed by atoms with Crippen LogP contribution in [0.3, 0.4) is 0 Å². The van der Waals surface area contributed by atoms with Crippen LogP contribution in [-0.4, -0.2) is 30.3 Å². The van der Waals surface area contributed by atoms with Gasteiger partial charge in [0.25, 0.3) is 5.91 Å². The molecule has 7 heteroatoms. The highest BCUT2D eigenvalue weighted by molar-refractivity contribution is 5.94. The first-order valence-electron chi connectivity index (χ1n) is 5.93. The highest BCUT2D eigenvalue weighted by atomic mass is 16.5. The molecule has 1 aromatic carbocycles. The zero-order valence-electron chi connectivity index (χ0n) is 11.3. The lowest BCUT2D eigenvalue weighted by atomic mass is 10.2. The van der Waals surface area contributed by atoms with Gasteiger partial charge in [0.1, 0.15) is 5.82 Å². The second-order valence-corrected chi connectivity index (χ2v) is 4.06. The molecule has 20 heavy (non-hydrogen) atoms. The number of rotatable bonds is 5. The molecule has 7 nitrogen and oxygen atoms in total. The fraction of sp³-hybridized carbons (Fsp3) is 0.231. The molecule has 1 heterocycles. The summed E-state index contributed by atoms with van der Waals surface area (Å²) in [7, 11) is 3.06. The van der Waals surface area contributed by atoms with Crippen LogP contribution < -0.4 is 20.5 Å². The summed E-state index contributed by atoms with van der Waals surface area (Å²) in [5.41, 5.74) is 6.85. The molecule has 1 aromatic heterocycles. The number of anilines is 1. The van der Waals surface area contributed by atoms with E-state index in [-0.39, 0.29) is 5.91 Å². The first kappa shape index (κ1) is 13.7. The van der Waals surface area contributed by atoms with Gasteiger partial charge in [0.15, 0.2) is 11.5 Å². The molecule has 1 amide bonds. The highest BCUT2D eigenvalue weighted by Gasteiger charge is 2.11. The number of hydrogen-bond acceptors (Lipinski definition) is 5. The number of carbonyl (C=O) groups is 1. The van der Waals surface area contributed by atoms with Crippen LogP contribution in [0.25, 0.3) is 0 Å². The van der Waals surface area contributed by atoms with Crippen LogP contribution in [0.4, 0.5) is 5.82 Å². The summed E-state index contributed by atoms with van der Waals surface area (Å²) >= 11 is 0. The average Bonchev–Trinajstić information content (AvgIpc) is 2.89. The Labute approximate surface area is 116 Å². The number of methoxy groups -OCH3 is 2. The Balaban J connectivity index is 2.07. The highest BCUT2D eigenvalue weighted by Crippen LogP contribution is 2.27. The zero-order valence-corrected chi connectivity index (χ0v) is 11.3. The van der Waals surface area contributed by atoms with E-state index in [4.69, 9.17) is 15.2 Å². The second-order valence-electron chi connectivity index (χ2n) is 4.06. The molecule has 0 atom stereocenters. The molecule has 0 fully saturated rings. The van der Waals surface area contributed by atoms with Crippen LogP contribution in [-0.2, 0) is 6.54 Å². The molecule has 106 valence electrons. The van der Waals surface area contributed by atoms with Gasteiger partial charge in [-0.05, 0) is 18.2 Å². The molecular formula is C13H16N4O3. The molecule has 0 saturated heterocycles. The molecule has 0 spiro atoms. The predicted molar refractivity (Wildman–Crippen MR) is 73.7 cm³/mol. The van der Waals surface area contributed by atoms with E-state index in [0.717, 1.165) is 5.56 Å². The molecule has 0 aliphatic rings. The van der Waals surface area contributed by atoms with Crippen molar-refractivity contribution in [3.63, 3.8) is 0 Å². The van der Waals surface area contributed by atoms with E-state index in [0.29, 0.717) is 29.4 Å². The van der Waals surface area contributed by atoms with Gasteiger partial charge in [-0.15, -0.1) is 0 Å². The summed E-state index contributed by atoms with van der Waals surface area (Å²) in [6.07, 6.45) is 1.57. The van der Waals surface area contributed by atoms with Crippen LogP contribution in [0.5, 0.6) is 11.5 Å². The molecular weight excluding hydrogens is 260 g/mol. The smallest absolute Gasteiger partial charge is 0.251 e. The molecule has 2 rings (SSSR count). The van der Waals surface area contributed by atoms with E-state index in [1.807, 2.05) is 0 Å². The van der Waals surface area contributed by atoms with Crippen molar-refractivity contribution < 1.29 is 14.3 Å². The molecule has 2 aromatic rings. The van der Waals surface area contributed by atoms with Crippen molar-refractivity contribution in [2.24, 2.45) is 0 Å². The van der Waals surface area contributed by atoms with Crippen molar-refractivity contribution in [2.75, 3.05) is 20.0 Å². The van der Waals surface area contributed by atoms with E-state index >= 15 is 0 Å². The second kappa shape index (κ2) is 5.96. The number of ether oxygens (including phenoxy) is 2. The minimum absolute atomic E-state index is 0.230. The van der Waals surface area contributed by atoms with Gasteiger partial charge >= 0.3 is 0 Å². The first-order valence-corrected chi connectivity index (χ1v) is 5.93. The number of carbonyl (C=O) groups excluding carboxylic acids is 1. The van der Waals surface area contributed by atoms with E-state index in [9.17, 15) is 4.79 Å². The van der Waals surface area contributed by atoms with Crippen molar-refractivity contribution in [2.45, 2.75) is 6.54 Å². The third kappa shape index (κ3) is 2.82. The quantitative estimate of drug-likeness (QED) is 0.754. The SMILES string of the molecule is COc1ccc(C(=O)NCc2cn[nH]c2N)cc1OC. The standard InChI is InChI=1S/C13H16N4O3/c1-19-10-4-3-8(5-11(10)20-2)13(18)15-6-9-7-16-17-12(9)14/h3-5,7H,6H2,1-2H3,(H,15,18)(H3,14,16,17). The van der Waals surface area contributed by atoms with Gasteiger partial charge in [-0.3, -0.25) is 9.89 Å². The molecule has 0 aliphatic carbocycles. The number of aromatic nitrogens is 2. The van der Waals surface area contributed by atoms with Crippen molar-refractivity contribution >= 4 is 11.7 Å². The van der Waals surface area contributed by atoms with Gasteiger partial charge < -0.3 is 20.5 Å². The number of nitrogens with two attached hydrogens (primary N) is 1. The van der Waals surface area contributed by atoms with Gasteiger partial charge in [0.05, 0.1) is 20.4 Å². The summed E-state index contributed by atoms with van der Waals surface area (Å²) in [5.74, 6) is 1.29. The zero-order chi connectivity index (χ0) is 14.5. The largest absolute Gasteiger partial charge is 0.493 e.